The maximum Gasteiger partial charge on any atom is 0.270 e. The quantitative estimate of drug-likeness (QED) is 0.549. The van der Waals surface area contributed by atoms with Crippen LogP contribution in [0.25, 0.3) is 21.8 Å². The number of nitrogens with one attached hydrogen (secondary N) is 1. The van der Waals surface area contributed by atoms with Crippen LogP contribution in [0.5, 0.6) is 0 Å². The van der Waals surface area contributed by atoms with E-state index < -0.39 is 0 Å². The minimum atomic E-state index is -0.312. The number of benzene rings is 2. The van der Waals surface area contributed by atoms with Gasteiger partial charge in [0.05, 0.1) is 30.1 Å². The second kappa shape index (κ2) is 7.42. The Morgan fingerprint density at radius 2 is 1.97 bits per heavy atom. The van der Waals surface area contributed by atoms with E-state index >= 15 is 0 Å². The summed E-state index contributed by atoms with van der Waals surface area (Å²) >= 11 is 0. The van der Waals surface area contributed by atoms with E-state index in [9.17, 15) is 14.7 Å². The first-order valence-electron chi connectivity index (χ1n) is 10.2. The highest BCUT2D eigenvalue weighted by atomic mass is 16.3. The van der Waals surface area contributed by atoms with Gasteiger partial charge in [0, 0.05) is 17.4 Å². The molecular formula is C23H22N4O3. The van der Waals surface area contributed by atoms with E-state index in [4.69, 9.17) is 4.98 Å². The van der Waals surface area contributed by atoms with Gasteiger partial charge in [-0.25, -0.2) is 4.98 Å². The smallest absolute Gasteiger partial charge is 0.270 e. The SMILES string of the molecule is O=C(c1cc2ccccc2[nH]1)N1CCCC1c1nc2ccccc2c(=O)n1CCO. The van der Waals surface area contributed by atoms with E-state index in [-0.39, 0.29) is 30.7 Å². The molecule has 7 nitrogen and oxygen atoms in total. The molecule has 2 aromatic heterocycles. The third kappa shape index (κ3) is 2.98. The van der Waals surface area contributed by atoms with Crippen molar-refractivity contribution in [1.82, 2.24) is 19.4 Å². The molecule has 1 fully saturated rings. The molecular weight excluding hydrogens is 380 g/mol. The molecule has 0 saturated carbocycles. The molecule has 1 atom stereocenters. The first kappa shape index (κ1) is 18.6. The molecule has 1 aliphatic heterocycles. The topological polar surface area (TPSA) is 91.2 Å². The van der Waals surface area contributed by atoms with Crippen LogP contribution in [0, 0.1) is 0 Å². The molecule has 0 spiro atoms. The minimum absolute atomic E-state index is 0.105. The van der Waals surface area contributed by atoms with Crippen molar-refractivity contribution in [3.63, 3.8) is 0 Å². The number of aromatic nitrogens is 3. The van der Waals surface area contributed by atoms with Crippen molar-refractivity contribution in [3.8, 4) is 0 Å². The summed E-state index contributed by atoms with van der Waals surface area (Å²) in [6.07, 6.45) is 1.56. The van der Waals surface area contributed by atoms with Gasteiger partial charge in [-0.1, -0.05) is 30.3 Å². The summed E-state index contributed by atoms with van der Waals surface area (Å²) in [5.41, 5.74) is 1.86. The standard InChI is InChI=1S/C23H22N4O3/c28-13-12-27-21(25-18-9-4-2-7-16(18)22(27)29)20-10-5-11-26(20)23(30)19-14-15-6-1-3-8-17(15)24-19/h1-4,6-9,14,20,24,28H,5,10-13H2. The van der Waals surface area contributed by atoms with Crippen molar-refractivity contribution in [2.24, 2.45) is 0 Å². The molecule has 7 heteroatoms. The van der Waals surface area contributed by atoms with E-state index in [1.54, 1.807) is 17.0 Å². The number of amides is 1. The van der Waals surface area contributed by atoms with Crippen LogP contribution >= 0.6 is 0 Å². The highest BCUT2D eigenvalue weighted by Gasteiger charge is 2.34. The molecule has 1 aliphatic rings. The van der Waals surface area contributed by atoms with Crippen LogP contribution in [0.15, 0.2) is 59.4 Å². The Kier molecular flexibility index (Phi) is 4.59. The molecule has 0 aliphatic carbocycles. The second-order valence-electron chi connectivity index (χ2n) is 7.59. The fraction of sp³-hybridized carbons (Fsp3) is 0.261. The maximum atomic E-state index is 13.3. The van der Waals surface area contributed by atoms with Crippen LogP contribution < -0.4 is 5.56 Å². The lowest BCUT2D eigenvalue weighted by Gasteiger charge is -2.26. The number of hydrogen-bond acceptors (Lipinski definition) is 4. The summed E-state index contributed by atoms with van der Waals surface area (Å²) < 4.78 is 1.52. The largest absolute Gasteiger partial charge is 0.395 e. The molecule has 30 heavy (non-hydrogen) atoms. The highest BCUT2D eigenvalue weighted by molar-refractivity contribution is 5.98. The van der Waals surface area contributed by atoms with Crippen molar-refractivity contribution in [2.75, 3.05) is 13.2 Å². The predicted molar refractivity (Wildman–Crippen MR) is 114 cm³/mol. The molecule has 4 aromatic rings. The molecule has 5 rings (SSSR count). The van der Waals surface area contributed by atoms with Gasteiger partial charge in [-0.05, 0) is 37.1 Å². The summed E-state index contributed by atoms with van der Waals surface area (Å²) in [7, 11) is 0. The van der Waals surface area contributed by atoms with Gasteiger partial charge in [0.25, 0.3) is 11.5 Å². The van der Waals surface area contributed by atoms with Crippen LogP contribution in [0.1, 0.15) is 35.2 Å². The Morgan fingerprint density at radius 3 is 2.80 bits per heavy atom. The average Bonchev–Trinajstić information content (AvgIpc) is 3.42. The molecule has 3 heterocycles. The zero-order valence-electron chi connectivity index (χ0n) is 16.4. The van der Waals surface area contributed by atoms with Crippen LogP contribution in [-0.2, 0) is 6.54 Å². The molecule has 0 bridgehead atoms. The molecule has 1 unspecified atom stereocenters. The summed E-state index contributed by atoms with van der Waals surface area (Å²) in [5, 5.41) is 11.0. The van der Waals surface area contributed by atoms with Crippen molar-refractivity contribution in [3.05, 3.63) is 76.5 Å². The summed E-state index contributed by atoms with van der Waals surface area (Å²) in [4.78, 5) is 36.2. The number of rotatable bonds is 4. The number of para-hydroxylation sites is 2. The first-order chi connectivity index (χ1) is 14.7. The van der Waals surface area contributed by atoms with Gasteiger partial charge in [-0.15, -0.1) is 0 Å². The van der Waals surface area contributed by atoms with Gasteiger partial charge in [-0.3, -0.25) is 14.2 Å². The molecule has 152 valence electrons. The number of H-pyrrole nitrogens is 1. The number of likely N-dealkylation sites (tertiary alicyclic amines) is 1. The number of carbonyl (C=O) groups is 1. The van der Waals surface area contributed by atoms with E-state index in [1.165, 1.54) is 4.57 Å². The molecule has 1 amide bonds. The molecule has 1 saturated heterocycles. The first-order valence-corrected chi connectivity index (χ1v) is 10.2. The lowest BCUT2D eigenvalue weighted by molar-refractivity contribution is 0.0721. The normalized spacial score (nSPS) is 16.6. The van der Waals surface area contributed by atoms with Gasteiger partial charge < -0.3 is 15.0 Å². The lowest BCUT2D eigenvalue weighted by Crippen LogP contribution is -2.36. The Balaban J connectivity index is 1.59. The number of hydrogen-bond donors (Lipinski definition) is 2. The van der Waals surface area contributed by atoms with Gasteiger partial charge in [-0.2, -0.15) is 0 Å². The van der Waals surface area contributed by atoms with Gasteiger partial charge in [0.2, 0.25) is 0 Å². The Labute approximate surface area is 172 Å². The van der Waals surface area contributed by atoms with E-state index in [1.807, 2.05) is 42.5 Å². The van der Waals surface area contributed by atoms with Gasteiger partial charge in [0.15, 0.2) is 0 Å². The summed E-state index contributed by atoms with van der Waals surface area (Å²) in [6, 6.07) is 16.5. The zero-order valence-corrected chi connectivity index (χ0v) is 16.4. The maximum absolute atomic E-state index is 13.3. The second-order valence-corrected chi connectivity index (χ2v) is 7.59. The van der Waals surface area contributed by atoms with Crippen LogP contribution in [-0.4, -0.2) is 43.6 Å². The van der Waals surface area contributed by atoms with Crippen LogP contribution in [0.4, 0.5) is 0 Å². The summed E-state index contributed by atoms with van der Waals surface area (Å²) in [5.74, 6) is 0.432. The number of fused-ring (bicyclic) bond motifs is 2. The van der Waals surface area contributed by atoms with Gasteiger partial charge in [0.1, 0.15) is 11.5 Å². The Morgan fingerprint density at radius 1 is 1.17 bits per heavy atom. The fourth-order valence-corrected chi connectivity index (χ4v) is 4.38. The Bertz CT molecular complexity index is 1270. The zero-order chi connectivity index (χ0) is 20.7. The lowest BCUT2D eigenvalue weighted by atomic mass is 10.1. The van der Waals surface area contributed by atoms with E-state index in [2.05, 4.69) is 4.98 Å². The number of carbonyl (C=O) groups excluding carboxylic acids is 1. The fourth-order valence-electron chi connectivity index (χ4n) is 4.38. The number of aliphatic hydroxyl groups is 1. The van der Waals surface area contributed by atoms with Crippen LogP contribution in [0.3, 0.4) is 0 Å². The molecule has 2 N–H and O–H groups in total. The average molecular weight is 402 g/mol. The molecule has 0 radical (unpaired) electrons. The van der Waals surface area contributed by atoms with Crippen molar-refractivity contribution < 1.29 is 9.90 Å². The number of aliphatic hydroxyl groups excluding tert-OH is 1. The number of aromatic amines is 1. The van der Waals surface area contributed by atoms with E-state index in [0.29, 0.717) is 29.0 Å². The van der Waals surface area contributed by atoms with Crippen molar-refractivity contribution in [1.29, 1.82) is 0 Å². The third-order valence-electron chi connectivity index (χ3n) is 5.79. The highest BCUT2D eigenvalue weighted by Crippen LogP contribution is 2.32. The Hall–Kier alpha value is -3.45. The third-order valence-corrected chi connectivity index (χ3v) is 5.79. The minimum Gasteiger partial charge on any atom is -0.395 e. The van der Waals surface area contributed by atoms with Gasteiger partial charge >= 0.3 is 0 Å². The summed E-state index contributed by atoms with van der Waals surface area (Å²) in [6.45, 7) is 0.577. The predicted octanol–water partition coefficient (Wildman–Crippen LogP) is 2.85. The van der Waals surface area contributed by atoms with Crippen molar-refractivity contribution >= 4 is 27.7 Å². The van der Waals surface area contributed by atoms with Crippen molar-refractivity contribution in [2.45, 2.75) is 25.4 Å². The van der Waals surface area contributed by atoms with Crippen LogP contribution in [0.2, 0.25) is 0 Å². The number of nitrogens with zero attached hydrogens (tertiary/aromatic N) is 3. The van der Waals surface area contributed by atoms with E-state index in [0.717, 1.165) is 23.7 Å². The monoisotopic (exact) mass is 402 g/mol. The molecule has 2 aromatic carbocycles.